The predicted molar refractivity (Wildman–Crippen MR) is 57.7 cm³/mol. The molecule has 0 spiro atoms. The van der Waals surface area contributed by atoms with Crippen molar-refractivity contribution in [1.82, 2.24) is 0 Å². The van der Waals surface area contributed by atoms with E-state index in [1.54, 1.807) is 25.7 Å². The first-order valence-electron chi connectivity index (χ1n) is 4.17. The summed E-state index contributed by atoms with van der Waals surface area (Å²) in [5.41, 5.74) is 0. The molecule has 0 heterocycles. The molecular weight excluding hydrogens is 231 g/mol. The summed E-state index contributed by atoms with van der Waals surface area (Å²) in [4.78, 5) is 0. The molecule has 0 fully saturated rings. The SMILES string of the molecule is Oc1ccccc1O[B]CCCBr. The molecule has 0 saturated carbocycles. The highest BCUT2D eigenvalue weighted by molar-refractivity contribution is 9.09. The number of alkyl halides is 1. The van der Waals surface area contributed by atoms with E-state index in [2.05, 4.69) is 15.9 Å². The van der Waals surface area contributed by atoms with Crippen LogP contribution in [0.5, 0.6) is 11.5 Å². The fraction of sp³-hybridized carbons (Fsp3) is 0.333. The van der Waals surface area contributed by atoms with E-state index in [1.165, 1.54) is 0 Å². The van der Waals surface area contributed by atoms with Crippen LogP contribution in [0, 0.1) is 0 Å². The number of halogens is 1. The van der Waals surface area contributed by atoms with Crippen molar-refractivity contribution in [3.05, 3.63) is 24.3 Å². The summed E-state index contributed by atoms with van der Waals surface area (Å²) in [5.74, 6) is 0.690. The van der Waals surface area contributed by atoms with Gasteiger partial charge in [0.2, 0.25) is 0 Å². The van der Waals surface area contributed by atoms with Gasteiger partial charge in [-0.1, -0.05) is 28.1 Å². The van der Waals surface area contributed by atoms with Crippen LogP contribution in [0.4, 0.5) is 0 Å². The Bertz CT molecular complexity index is 255. The lowest BCUT2D eigenvalue weighted by molar-refractivity contribution is 0.443. The molecular formula is C9H11BBrO2. The van der Waals surface area contributed by atoms with Crippen LogP contribution in [-0.4, -0.2) is 17.9 Å². The fourth-order valence-electron chi connectivity index (χ4n) is 0.866. The van der Waals surface area contributed by atoms with Crippen LogP contribution >= 0.6 is 15.9 Å². The van der Waals surface area contributed by atoms with Crippen LogP contribution in [-0.2, 0) is 0 Å². The smallest absolute Gasteiger partial charge is 0.370 e. The molecule has 0 aliphatic carbocycles. The van der Waals surface area contributed by atoms with E-state index in [4.69, 9.17) is 4.65 Å². The van der Waals surface area contributed by atoms with Gasteiger partial charge in [0, 0.05) is 5.33 Å². The Morgan fingerprint density at radius 2 is 2.15 bits per heavy atom. The van der Waals surface area contributed by atoms with Gasteiger partial charge < -0.3 is 9.76 Å². The van der Waals surface area contributed by atoms with Crippen molar-refractivity contribution in [2.75, 3.05) is 5.33 Å². The second-order valence-corrected chi connectivity index (χ2v) is 3.38. The van der Waals surface area contributed by atoms with Crippen molar-refractivity contribution in [2.45, 2.75) is 12.7 Å². The van der Waals surface area contributed by atoms with E-state index in [9.17, 15) is 5.11 Å². The Morgan fingerprint density at radius 1 is 1.38 bits per heavy atom. The van der Waals surface area contributed by atoms with E-state index in [0.717, 1.165) is 18.1 Å². The summed E-state index contributed by atoms with van der Waals surface area (Å²) in [6.07, 6.45) is 1.91. The van der Waals surface area contributed by atoms with Gasteiger partial charge in [0.05, 0.1) is 0 Å². The van der Waals surface area contributed by atoms with E-state index < -0.39 is 0 Å². The van der Waals surface area contributed by atoms with Gasteiger partial charge in [0.15, 0.2) is 5.75 Å². The summed E-state index contributed by atoms with van der Waals surface area (Å²) in [6.45, 7) is 0. The van der Waals surface area contributed by atoms with E-state index >= 15 is 0 Å². The van der Waals surface area contributed by atoms with Crippen LogP contribution in [0.15, 0.2) is 24.3 Å². The van der Waals surface area contributed by atoms with Gasteiger partial charge in [-0.15, -0.1) is 0 Å². The molecule has 1 rings (SSSR count). The summed E-state index contributed by atoms with van der Waals surface area (Å²) in [6, 6.07) is 6.93. The molecule has 1 aromatic carbocycles. The maximum absolute atomic E-state index is 9.31. The van der Waals surface area contributed by atoms with Crippen molar-refractivity contribution in [3.8, 4) is 11.5 Å². The summed E-state index contributed by atoms with van der Waals surface area (Å²) < 4.78 is 5.24. The Hall–Kier alpha value is -0.635. The highest BCUT2D eigenvalue weighted by atomic mass is 79.9. The monoisotopic (exact) mass is 241 g/mol. The minimum absolute atomic E-state index is 0.178. The molecule has 1 aromatic rings. The van der Waals surface area contributed by atoms with Gasteiger partial charge in [0.25, 0.3) is 0 Å². The number of para-hydroxylation sites is 2. The first-order valence-corrected chi connectivity index (χ1v) is 5.29. The Balaban J connectivity index is 2.32. The van der Waals surface area contributed by atoms with Crippen LogP contribution < -0.4 is 4.65 Å². The Morgan fingerprint density at radius 3 is 2.85 bits per heavy atom. The zero-order chi connectivity index (χ0) is 9.52. The second kappa shape index (κ2) is 5.92. The molecule has 1 N–H and O–H groups in total. The molecule has 4 heteroatoms. The molecule has 1 radical (unpaired) electrons. The predicted octanol–water partition coefficient (Wildman–Crippen LogP) is 2.59. The third-order valence-electron chi connectivity index (χ3n) is 1.53. The number of aromatic hydroxyl groups is 1. The third kappa shape index (κ3) is 3.72. The molecule has 0 bridgehead atoms. The van der Waals surface area contributed by atoms with E-state index in [0.29, 0.717) is 5.75 Å². The first-order chi connectivity index (χ1) is 6.34. The Kier molecular flexibility index (Phi) is 4.75. The molecule has 0 aromatic heterocycles. The molecule has 0 atom stereocenters. The van der Waals surface area contributed by atoms with Gasteiger partial charge in [-0.2, -0.15) is 0 Å². The average molecular weight is 242 g/mol. The van der Waals surface area contributed by atoms with Gasteiger partial charge in [-0.25, -0.2) is 0 Å². The van der Waals surface area contributed by atoms with Crippen molar-refractivity contribution in [1.29, 1.82) is 0 Å². The fourth-order valence-corrected chi connectivity index (χ4v) is 1.19. The lowest BCUT2D eigenvalue weighted by Crippen LogP contribution is -2.01. The van der Waals surface area contributed by atoms with Crippen LogP contribution in [0.3, 0.4) is 0 Å². The number of phenolic OH excluding ortho intramolecular Hbond substituents is 1. The van der Waals surface area contributed by atoms with Crippen molar-refractivity contribution >= 4 is 23.4 Å². The summed E-state index contributed by atoms with van der Waals surface area (Å²) in [7, 11) is 1.70. The van der Waals surface area contributed by atoms with E-state index in [1.807, 2.05) is 6.07 Å². The first kappa shape index (κ1) is 10.4. The van der Waals surface area contributed by atoms with E-state index in [-0.39, 0.29) is 5.75 Å². The molecule has 0 aliphatic heterocycles. The quantitative estimate of drug-likeness (QED) is 0.488. The van der Waals surface area contributed by atoms with Crippen molar-refractivity contribution < 1.29 is 9.76 Å². The van der Waals surface area contributed by atoms with Gasteiger partial charge in [-0.05, 0) is 24.9 Å². The van der Waals surface area contributed by atoms with Gasteiger partial charge in [0.1, 0.15) is 5.75 Å². The number of hydrogen-bond acceptors (Lipinski definition) is 2. The third-order valence-corrected chi connectivity index (χ3v) is 2.09. The molecule has 69 valence electrons. The van der Waals surface area contributed by atoms with Crippen LogP contribution in [0.2, 0.25) is 6.32 Å². The zero-order valence-corrected chi connectivity index (χ0v) is 8.83. The molecule has 0 aliphatic rings. The van der Waals surface area contributed by atoms with Crippen LogP contribution in [0.1, 0.15) is 6.42 Å². The number of hydrogen-bond donors (Lipinski definition) is 1. The van der Waals surface area contributed by atoms with Gasteiger partial charge in [-0.3, -0.25) is 0 Å². The summed E-state index contributed by atoms with van der Waals surface area (Å²) >= 11 is 3.33. The summed E-state index contributed by atoms with van der Waals surface area (Å²) in [5, 5.41) is 10.3. The molecule has 0 unspecified atom stereocenters. The minimum Gasteiger partial charge on any atom is -0.561 e. The largest absolute Gasteiger partial charge is 0.561 e. The topological polar surface area (TPSA) is 29.5 Å². The lowest BCUT2D eigenvalue weighted by Gasteiger charge is -2.05. The molecule has 0 saturated heterocycles. The highest BCUT2D eigenvalue weighted by Crippen LogP contribution is 2.23. The molecule has 13 heavy (non-hydrogen) atoms. The van der Waals surface area contributed by atoms with Crippen molar-refractivity contribution in [3.63, 3.8) is 0 Å². The lowest BCUT2D eigenvalue weighted by atomic mass is 9.93. The maximum atomic E-state index is 9.31. The average Bonchev–Trinajstić information content (AvgIpc) is 2.15. The van der Waals surface area contributed by atoms with Crippen molar-refractivity contribution in [2.24, 2.45) is 0 Å². The number of rotatable bonds is 5. The number of benzene rings is 1. The standard InChI is InChI=1S/C9H11BBrO2/c11-7-3-6-10-13-9-5-2-1-4-8(9)12/h1-2,4-5,12H,3,6-7H2. The highest BCUT2D eigenvalue weighted by Gasteiger charge is 2.00. The normalized spacial score (nSPS) is 9.62. The van der Waals surface area contributed by atoms with Crippen LogP contribution in [0.25, 0.3) is 0 Å². The minimum atomic E-state index is 0.178. The second-order valence-electron chi connectivity index (χ2n) is 2.58. The van der Waals surface area contributed by atoms with Gasteiger partial charge >= 0.3 is 7.48 Å². The zero-order valence-electron chi connectivity index (χ0n) is 7.24. The molecule has 2 nitrogen and oxygen atoms in total. The number of phenols is 1. The Labute approximate surface area is 87.3 Å². The maximum Gasteiger partial charge on any atom is 0.370 e. The molecule has 0 amide bonds.